The maximum absolute atomic E-state index is 11.9. The fraction of sp³-hybridized carbons (Fsp3) is 0.786. The zero-order valence-electron chi connectivity index (χ0n) is 12.9. The Morgan fingerprint density at radius 3 is 2.67 bits per heavy atom. The van der Waals surface area contributed by atoms with Crippen molar-refractivity contribution in [3.05, 3.63) is 10.0 Å². The molecular formula is C14H24N4O2S. The molecule has 2 heterocycles. The van der Waals surface area contributed by atoms with Crippen molar-refractivity contribution >= 4 is 17.4 Å². The van der Waals surface area contributed by atoms with Crippen molar-refractivity contribution in [1.29, 1.82) is 0 Å². The summed E-state index contributed by atoms with van der Waals surface area (Å²) in [6.07, 6.45) is 2.02. The molecule has 0 bridgehead atoms. The predicted molar refractivity (Wildman–Crippen MR) is 82.4 cm³/mol. The lowest BCUT2D eigenvalue weighted by atomic mass is 9.93. The molecule has 0 saturated carbocycles. The molecule has 6 nitrogen and oxygen atoms in total. The zero-order chi connectivity index (χ0) is 15.2. The molecule has 1 fully saturated rings. The number of amides is 2. The van der Waals surface area contributed by atoms with Gasteiger partial charge >= 0.3 is 6.03 Å². The van der Waals surface area contributed by atoms with E-state index in [1.165, 1.54) is 0 Å². The van der Waals surface area contributed by atoms with Crippen LogP contribution in [-0.2, 0) is 11.3 Å². The number of nitrogens with zero attached hydrogens (tertiary/aromatic N) is 2. The normalized spacial score (nSPS) is 17.7. The second-order valence-electron chi connectivity index (χ2n) is 5.75. The molecule has 0 aromatic carbocycles. The largest absolute Gasteiger partial charge is 0.381 e. The number of urea groups is 1. The van der Waals surface area contributed by atoms with Gasteiger partial charge in [-0.05, 0) is 25.7 Å². The number of carbonyl (C=O) groups excluding carboxylic acids is 1. The van der Waals surface area contributed by atoms with Gasteiger partial charge in [-0.25, -0.2) is 4.79 Å². The third-order valence-corrected chi connectivity index (χ3v) is 4.93. The minimum Gasteiger partial charge on any atom is -0.381 e. The highest BCUT2D eigenvalue weighted by Crippen LogP contribution is 2.19. The number of rotatable bonds is 5. The van der Waals surface area contributed by atoms with Gasteiger partial charge in [0.25, 0.3) is 0 Å². The highest BCUT2D eigenvalue weighted by Gasteiger charge is 2.21. The van der Waals surface area contributed by atoms with Gasteiger partial charge in [-0.15, -0.1) is 10.2 Å². The summed E-state index contributed by atoms with van der Waals surface area (Å²) in [5.74, 6) is 0.872. The van der Waals surface area contributed by atoms with Crippen molar-refractivity contribution in [2.45, 2.75) is 52.1 Å². The molecule has 118 valence electrons. The van der Waals surface area contributed by atoms with Crippen molar-refractivity contribution in [2.75, 3.05) is 13.2 Å². The van der Waals surface area contributed by atoms with E-state index in [9.17, 15) is 4.79 Å². The molecule has 2 amide bonds. The molecule has 0 aliphatic carbocycles. The van der Waals surface area contributed by atoms with Gasteiger partial charge < -0.3 is 15.4 Å². The molecule has 1 aliphatic rings. The molecule has 1 unspecified atom stereocenters. The zero-order valence-corrected chi connectivity index (χ0v) is 13.7. The van der Waals surface area contributed by atoms with E-state index in [2.05, 4.69) is 41.6 Å². The third kappa shape index (κ3) is 4.93. The number of hydrogen-bond donors (Lipinski definition) is 2. The molecule has 2 rings (SSSR count). The fourth-order valence-electron chi connectivity index (χ4n) is 2.32. The lowest BCUT2D eigenvalue weighted by molar-refractivity contribution is 0.0571. The van der Waals surface area contributed by atoms with Crippen molar-refractivity contribution < 1.29 is 9.53 Å². The summed E-state index contributed by atoms with van der Waals surface area (Å²) in [5, 5.41) is 15.9. The van der Waals surface area contributed by atoms with Crippen LogP contribution in [0.5, 0.6) is 0 Å². The first-order chi connectivity index (χ1) is 10.1. The molecule has 1 aromatic rings. The van der Waals surface area contributed by atoms with Crippen molar-refractivity contribution in [2.24, 2.45) is 5.92 Å². The molecule has 1 aromatic heterocycles. The second-order valence-corrected chi connectivity index (χ2v) is 6.85. The second kappa shape index (κ2) is 7.70. The van der Waals surface area contributed by atoms with Crippen LogP contribution < -0.4 is 10.6 Å². The number of ether oxygens (including phenoxy) is 1. The third-order valence-electron chi connectivity index (χ3n) is 3.71. The first-order valence-corrected chi connectivity index (χ1v) is 8.32. The van der Waals surface area contributed by atoms with Crippen LogP contribution in [0.2, 0.25) is 0 Å². The molecule has 0 spiro atoms. The van der Waals surface area contributed by atoms with E-state index < -0.39 is 0 Å². The minimum absolute atomic E-state index is 0.143. The van der Waals surface area contributed by atoms with Gasteiger partial charge in [-0.1, -0.05) is 25.2 Å². The van der Waals surface area contributed by atoms with E-state index >= 15 is 0 Å². The molecule has 1 aliphatic heterocycles. The number of aromatic nitrogens is 2. The Morgan fingerprint density at radius 1 is 1.33 bits per heavy atom. The summed E-state index contributed by atoms with van der Waals surface area (Å²) in [7, 11) is 0. The molecular weight excluding hydrogens is 288 g/mol. The highest BCUT2D eigenvalue weighted by atomic mass is 32.1. The number of nitrogens with one attached hydrogen (secondary N) is 2. The maximum Gasteiger partial charge on any atom is 0.315 e. The summed E-state index contributed by atoms with van der Waals surface area (Å²) in [6.45, 7) is 8.23. The Labute approximate surface area is 129 Å². The Bertz CT molecular complexity index is 458. The first-order valence-electron chi connectivity index (χ1n) is 7.50. The topological polar surface area (TPSA) is 76.1 Å². The predicted octanol–water partition coefficient (Wildman–Crippen LogP) is 2.28. The fourth-order valence-corrected chi connectivity index (χ4v) is 3.10. The van der Waals surface area contributed by atoms with E-state index in [1.54, 1.807) is 11.3 Å². The summed E-state index contributed by atoms with van der Waals surface area (Å²) < 4.78 is 5.34. The Balaban J connectivity index is 1.73. The van der Waals surface area contributed by atoms with Gasteiger partial charge in [0.2, 0.25) is 0 Å². The molecule has 0 radical (unpaired) electrons. The first kappa shape index (κ1) is 16.2. The van der Waals surface area contributed by atoms with Gasteiger partial charge in [0.05, 0.1) is 6.54 Å². The summed E-state index contributed by atoms with van der Waals surface area (Å²) >= 11 is 1.55. The summed E-state index contributed by atoms with van der Waals surface area (Å²) in [5.41, 5.74) is 0. The Morgan fingerprint density at radius 2 is 2.05 bits per heavy atom. The summed E-state index contributed by atoms with van der Waals surface area (Å²) in [6, 6.07) is 0.0184. The van der Waals surface area contributed by atoms with Gasteiger partial charge in [0.15, 0.2) is 0 Å². The van der Waals surface area contributed by atoms with Crippen LogP contribution in [-0.4, -0.2) is 35.5 Å². The number of carbonyl (C=O) groups is 1. The molecule has 1 atom stereocenters. The molecule has 2 N–H and O–H groups in total. The van der Waals surface area contributed by atoms with Gasteiger partial charge in [0.1, 0.15) is 10.0 Å². The van der Waals surface area contributed by atoms with Crippen molar-refractivity contribution in [1.82, 2.24) is 20.8 Å². The van der Waals surface area contributed by atoms with E-state index in [0.29, 0.717) is 18.4 Å². The van der Waals surface area contributed by atoms with Gasteiger partial charge in [0, 0.05) is 25.2 Å². The molecule has 7 heteroatoms. The molecule has 21 heavy (non-hydrogen) atoms. The molecule has 1 saturated heterocycles. The monoisotopic (exact) mass is 312 g/mol. The lowest BCUT2D eigenvalue weighted by Crippen LogP contribution is -2.45. The van der Waals surface area contributed by atoms with E-state index in [-0.39, 0.29) is 12.1 Å². The SMILES string of the molecule is CC(C)c1nnc(CNC(=O)NC(C)C2CCOCC2)s1. The van der Waals surface area contributed by atoms with Gasteiger partial charge in [-0.3, -0.25) is 0 Å². The average molecular weight is 312 g/mol. The average Bonchev–Trinajstić information content (AvgIpc) is 2.95. The Kier molecular flexibility index (Phi) is 5.93. The number of hydrogen-bond acceptors (Lipinski definition) is 5. The van der Waals surface area contributed by atoms with Crippen LogP contribution in [0.15, 0.2) is 0 Å². The van der Waals surface area contributed by atoms with Crippen LogP contribution in [0.4, 0.5) is 4.79 Å². The van der Waals surface area contributed by atoms with E-state index in [4.69, 9.17) is 4.74 Å². The van der Waals surface area contributed by atoms with Crippen molar-refractivity contribution in [3.63, 3.8) is 0 Å². The maximum atomic E-state index is 11.9. The lowest BCUT2D eigenvalue weighted by Gasteiger charge is -2.28. The van der Waals surface area contributed by atoms with Crippen LogP contribution in [0.1, 0.15) is 49.5 Å². The van der Waals surface area contributed by atoms with Crippen LogP contribution in [0.25, 0.3) is 0 Å². The highest BCUT2D eigenvalue weighted by molar-refractivity contribution is 7.11. The quantitative estimate of drug-likeness (QED) is 0.874. The smallest absolute Gasteiger partial charge is 0.315 e. The van der Waals surface area contributed by atoms with Crippen LogP contribution in [0.3, 0.4) is 0 Å². The minimum atomic E-state index is -0.143. The van der Waals surface area contributed by atoms with E-state index in [1.807, 2.05) is 0 Å². The van der Waals surface area contributed by atoms with Crippen molar-refractivity contribution in [3.8, 4) is 0 Å². The van der Waals surface area contributed by atoms with Crippen LogP contribution >= 0.6 is 11.3 Å². The van der Waals surface area contributed by atoms with Gasteiger partial charge in [-0.2, -0.15) is 0 Å². The standard InChI is InChI=1S/C14H24N4O2S/c1-9(2)13-18-17-12(21-13)8-15-14(19)16-10(3)11-4-6-20-7-5-11/h9-11H,4-8H2,1-3H3,(H2,15,16,19). The Hall–Kier alpha value is -1.21. The summed E-state index contributed by atoms with van der Waals surface area (Å²) in [4.78, 5) is 11.9. The van der Waals surface area contributed by atoms with Crippen LogP contribution in [0, 0.1) is 5.92 Å². The van der Waals surface area contributed by atoms with E-state index in [0.717, 1.165) is 36.1 Å².